The number of anilines is 1. The molecule has 2 rings (SSSR count). The smallest absolute Gasteiger partial charge is 0.280 e. The predicted octanol–water partition coefficient (Wildman–Crippen LogP) is 1.22. The fourth-order valence-electron chi connectivity index (χ4n) is 1.71. The van der Waals surface area contributed by atoms with E-state index in [1.165, 1.54) is 17.9 Å². The number of aryl methyl sites for hydroxylation is 1. The topological polar surface area (TPSA) is 84.2 Å². The largest absolute Gasteiger partial charge is 0.384 e. The number of nitrogens with zero attached hydrogens (tertiary/aromatic N) is 2. The van der Waals surface area contributed by atoms with E-state index in [1.807, 2.05) is 0 Å². The van der Waals surface area contributed by atoms with Gasteiger partial charge in [-0.3, -0.25) is 9.40 Å². The Labute approximate surface area is 127 Å². The van der Waals surface area contributed by atoms with Crippen LogP contribution in [-0.4, -0.2) is 29.9 Å². The van der Waals surface area contributed by atoms with Gasteiger partial charge in [0.2, 0.25) is 0 Å². The first-order chi connectivity index (χ1) is 9.94. The monoisotopic (exact) mass is 325 g/mol. The molecule has 0 fully saturated rings. The summed E-state index contributed by atoms with van der Waals surface area (Å²) in [7, 11) is -2.36. The van der Waals surface area contributed by atoms with Crippen LogP contribution in [0.5, 0.6) is 0 Å². The molecule has 0 amide bonds. The molecular weight excluding hydrogens is 314 g/mol. The number of rotatable bonds is 3. The Kier molecular flexibility index (Phi) is 4.53. The summed E-state index contributed by atoms with van der Waals surface area (Å²) < 4.78 is 28.2. The summed E-state index contributed by atoms with van der Waals surface area (Å²) in [6, 6.07) is 6.51. The molecule has 0 spiro atoms. The maximum atomic E-state index is 12.3. The third-order valence-electron chi connectivity index (χ3n) is 2.52. The number of hydrogen-bond donors (Lipinski definition) is 2. The molecule has 8 heteroatoms. The number of hydrogen-bond acceptors (Lipinski definition) is 4. The van der Waals surface area contributed by atoms with Crippen molar-refractivity contribution in [1.82, 2.24) is 9.78 Å². The molecule has 6 nitrogen and oxygen atoms in total. The van der Waals surface area contributed by atoms with E-state index in [0.29, 0.717) is 11.3 Å². The molecule has 2 aromatic rings. The minimum Gasteiger partial charge on any atom is -0.384 e. The Balaban J connectivity index is 2.33. The first-order valence-electron chi connectivity index (χ1n) is 5.84. The number of benzene rings is 1. The highest BCUT2D eigenvalue weighted by Gasteiger charge is 2.22. The number of sulfonamides is 1. The molecule has 21 heavy (non-hydrogen) atoms. The average molecular weight is 326 g/mol. The van der Waals surface area contributed by atoms with Crippen LogP contribution in [0.2, 0.25) is 5.02 Å². The lowest BCUT2D eigenvalue weighted by Crippen LogP contribution is -2.17. The second-order valence-electron chi connectivity index (χ2n) is 4.07. The van der Waals surface area contributed by atoms with Gasteiger partial charge < -0.3 is 5.11 Å². The van der Waals surface area contributed by atoms with Crippen LogP contribution in [-0.2, 0) is 17.1 Å². The van der Waals surface area contributed by atoms with E-state index < -0.39 is 10.0 Å². The average Bonchev–Trinajstić information content (AvgIpc) is 2.76. The number of aliphatic hydroxyl groups excluding tert-OH is 1. The molecule has 110 valence electrons. The van der Waals surface area contributed by atoms with Gasteiger partial charge in [-0.05, 0) is 18.2 Å². The summed E-state index contributed by atoms with van der Waals surface area (Å²) in [5.74, 6) is 5.19. The first-order valence-corrected chi connectivity index (χ1v) is 7.70. The van der Waals surface area contributed by atoms with Gasteiger partial charge in [0.25, 0.3) is 10.0 Å². The summed E-state index contributed by atoms with van der Waals surface area (Å²) in [4.78, 5) is 0. The molecule has 0 bridgehead atoms. The standard InChI is InChI=1S/C13H12ClN3O3S/c1-17-13(12(14)9-15-17)21(19,20)16-11-6-2-4-10(8-11)5-3-7-18/h2,4,6,8-9,16,18H,7H2,1H3. The maximum absolute atomic E-state index is 12.3. The van der Waals surface area contributed by atoms with Crippen LogP contribution in [0.15, 0.2) is 35.5 Å². The van der Waals surface area contributed by atoms with E-state index in [0.717, 1.165) is 0 Å². The normalized spacial score (nSPS) is 10.8. The lowest BCUT2D eigenvalue weighted by molar-refractivity contribution is 0.350. The van der Waals surface area contributed by atoms with Gasteiger partial charge in [0.1, 0.15) is 6.61 Å². The lowest BCUT2D eigenvalue weighted by Gasteiger charge is -2.09. The summed E-state index contributed by atoms with van der Waals surface area (Å²) in [6.45, 7) is -0.263. The van der Waals surface area contributed by atoms with E-state index in [9.17, 15) is 8.42 Å². The van der Waals surface area contributed by atoms with Gasteiger partial charge in [-0.15, -0.1) is 0 Å². The Hall–Kier alpha value is -2.01. The molecule has 1 aromatic heterocycles. The minimum absolute atomic E-state index is 0.0428. The molecule has 0 unspecified atom stereocenters. The molecule has 0 saturated heterocycles. The highest BCUT2D eigenvalue weighted by atomic mass is 35.5. The predicted molar refractivity (Wildman–Crippen MR) is 79.4 cm³/mol. The Morgan fingerprint density at radius 2 is 2.24 bits per heavy atom. The Bertz CT molecular complexity index is 799. The lowest BCUT2D eigenvalue weighted by atomic mass is 10.2. The second kappa shape index (κ2) is 6.18. The van der Waals surface area contributed by atoms with E-state index in [-0.39, 0.29) is 16.7 Å². The zero-order valence-corrected chi connectivity index (χ0v) is 12.6. The van der Waals surface area contributed by atoms with E-state index in [2.05, 4.69) is 21.7 Å². The van der Waals surface area contributed by atoms with Crippen molar-refractivity contribution in [1.29, 1.82) is 0 Å². The quantitative estimate of drug-likeness (QED) is 0.831. The molecule has 2 N–H and O–H groups in total. The van der Waals surface area contributed by atoms with Crippen molar-refractivity contribution in [2.24, 2.45) is 7.05 Å². The van der Waals surface area contributed by atoms with Crippen LogP contribution in [0.1, 0.15) is 5.56 Å². The molecule has 0 aliphatic heterocycles. The number of aliphatic hydroxyl groups is 1. The van der Waals surface area contributed by atoms with Crippen LogP contribution in [0.25, 0.3) is 0 Å². The maximum Gasteiger partial charge on any atom is 0.280 e. The van der Waals surface area contributed by atoms with Crippen LogP contribution in [0.3, 0.4) is 0 Å². The van der Waals surface area contributed by atoms with Gasteiger partial charge in [-0.25, -0.2) is 0 Å². The molecular formula is C13H12ClN3O3S. The summed E-state index contributed by atoms with van der Waals surface area (Å²) in [5, 5.41) is 12.4. The number of nitrogens with one attached hydrogen (secondary N) is 1. The van der Waals surface area contributed by atoms with Crippen molar-refractivity contribution < 1.29 is 13.5 Å². The van der Waals surface area contributed by atoms with Crippen molar-refractivity contribution in [2.75, 3.05) is 11.3 Å². The minimum atomic E-state index is -3.85. The van der Waals surface area contributed by atoms with E-state index in [4.69, 9.17) is 16.7 Å². The second-order valence-corrected chi connectivity index (χ2v) is 6.07. The van der Waals surface area contributed by atoms with Crippen LogP contribution >= 0.6 is 11.6 Å². The molecule has 0 aliphatic carbocycles. The van der Waals surface area contributed by atoms with Gasteiger partial charge >= 0.3 is 0 Å². The zero-order chi connectivity index (χ0) is 15.5. The highest BCUT2D eigenvalue weighted by molar-refractivity contribution is 7.92. The molecule has 0 aliphatic rings. The SMILES string of the molecule is Cn1ncc(Cl)c1S(=O)(=O)Nc1cccc(C#CCO)c1. The summed E-state index contributed by atoms with van der Waals surface area (Å²) >= 11 is 5.84. The van der Waals surface area contributed by atoms with Crippen molar-refractivity contribution >= 4 is 27.3 Å². The molecule has 0 radical (unpaired) electrons. The van der Waals surface area contributed by atoms with Crippen LogP contribution in [0, 0.1) is 11.8 Å². The van der Waals surface area contributed by atoms with Crippen molar-refractivity contribution in [3.63, 3.8) is 0 Å². The molecule has 1 aromatic carbocycles. The summed E-state index contributed by atoms with van der Waals surface area (Å²) in [6.07, 6.45) is 1.26. The van der Waals surface area contributed by atoms with Crippen molar-refractivity contribution in [3.8, 4) is 11.8 Å². The van der Waals surface area contributed by atoms with Gasteiger partial charge in [0, 0.05) is 12.6 Å². The van der Waals surface area contributed by atoms with Gasteiger partial charge in [-0.1, -0.05) is 29.5 Å². The molecule has 0 atom stereocenters. The molecule has 0 saturated carbocycles. The van der Waals surface area contributed by atoms with Crippen molar-refractivity contribution in [3.05, 3.63) is 41.0 Å². The highest BCUT2D eigenvalue weighted by Crippen LogP contribution is 2.23. The first kappa shape index (κ1) is 15.4. The zero-order valence-electron chi connectivity index (χ0n) is 11.0. The van der Waals surface area contributed by atoms with Gasteiger partial charge in [0.15, 0.2) is 5.03 Å². The van der Waals surface area contributed by atoms with Gasteiger partial charge in [-0.2, -0.15) is 13.5 Å². The van der Waals surface area contributed by atoms with E-state index in [1.54, 1.807) is 24.3 Å². The number of aromatic nitrogens is 2. The van der Waals surface area contributed by atoms with Crippen LogP contribution < -0.4 is 4.72 Å². The van der Waals surface area contributed by atoms with Gasteiger partial charge in [0.05, 0.1) is 16.9 Å². The third kappa shape index (κ3) is 3.55. The molecule has 1 heterocycles. The Morgan fingerprint density at radius 3 is 2.86 bits per heavy atom. The number of halogens is 1. The fraction of sp³-hybridized carbons (Fsp3) is 0.154. The fourth-order valence-corrected chi connectivity index (χ4v) is 3.42. The summed E-state index contributed by atoms with van der Waals surface area (Å²) in [5.41, 5.74) is 0.928. The third-order valence-corrected chi connectivity index (χ3v) is 4.41. The van der Waals surface area contributed by atoms with Crippen LogP contribution in [0.4, 0.5) is 5.69 Å². The van der Waals surface area contributed by atoms with Crippen molar-refractivity contribution in [2.45, 2.75) is 5.03 Å². The Morgan fingerprint density at radius 1 is 1.48 bits per heavy atom. The van der Waals surface area contributed by atoms with E-state index >= 15 is 0 Å².